The van der Waals surface area contributed by atoms with E-state index in [-0.39, 0.29) is 11.9 Å². The number of benzene rings is 2. The van der Waals surface area contributed by atoms with E-state index >= 15 is 0 Å². The molecule has 4 aromatic rings. The molecule has 1 amide bonds. The number of aromatic nitrogens is 1. The molecule has 1 saturated heterocycles. The van der Waals surface area contributed by atoms with Crippen LogP contribution in [0.2, 0.25) is 0 Å². The minimum atomic E-state index is -0.0108. The van der Waals surface area contributed by atoms with Crippen LogP contribution in [0.4, 0.5) is 5.69 Å². The molecule has 0 bridgehead atoms. The number of para-hydroxylation sites is 1. The molecule has 178 valence electrons. The normalized spacial score (nSPS) is 15.8. The van der Waals surface area contributed by atoms with Crippen LogP contribution in [-0.4, -0.2) is 68.8 Å². The van der Waals surface area contributed by atoms with Crippen LogP contribution < -0.4 is 10.2 Å². The number of hydrogen-bond donors (Lipinski definition) is 2. The Bertz CT molecular complexity index is 1270. The number of H-pyrrole nitrogens is 1. The number of piperazine rings is 1. The summed E-state index contributed by atoms with van der Waals surface area (Å²) in [6.45, 7) is 4.84. The summed E-state index contributed by atoms with van der Waals surface area (Å²) in [4.78, 5) is 22.1. The van der Waals surface area contributed by atoms with Crippen molar-refractivity contribution < 1.29 is 9.53 Å². The van der Waals surface area contributed by atoms with Gasteiger partial charge in [0, 0.05) is 73.4 Å². The summed E-state index contributed by atoms with van der Waals surface area (Å²) in [5.41, 5.74) is 3.58. The van der Waals surface area contributed by atoms with Crippen molar-refractivity contribution in [1.82, 2.24) is 15.2 Å². The summed E-state index contributed by atoms with van der Waals surface area (Å²) < 4.78 is 6.49. The first-order chi connectivity index (χ1) is 16.6. The zero-order valence-corrected chi connectivity index (χ0v) is 20.7. The number of carbonyl (C=O) groups excluding carboxylic acids is 1. The Hall–Kier alpha value is -2.87. The Morgan fingerprint density at radius 1 is 1.15 bits per heavy atom. The molecule has 0 radical (unpaired) electrons. The third-order valence-corrected chi connectivity index (χ3v) is 7.84. The Kier molecular flexibility index (Phi) is 6.85. The molecule has 0 aliphatic carbocycles. The molecule has 5 rings (SSSR count). The maximum absolute atomic E-state index is 13.2. The maximum atomic E-state index is 13.2. The fraction of sp³-hybridized carbons (Fsp3) is 0.370. The van der Waals surface area contributed by atoms with E-state index in [1.807, 2.05) is 12.1 Å². The number of nitrogens with one attached hydrogen (secondary N) is 2. The number of methoxy groups -OCH3 is 1. The van der Waals surface area contributed by atoms with Gasteiger partial charge in [-0.1, -0.05) is 24.3 Å². The van der Waals surface area contributed by atoms with Gasteiger partial charge in [-0.3, -0.25) is 4.79 Å². The summed E-state index contributed by atoms with van der Waals surface area (Å²) in [5, 5.41) is 5.61. The van der Waals surface area contributed by atoms with Gasteiger partial charge >= 0.3 is 0 Å². The van der Waals surface area contributed by atoms with E-state index in [9.17, 15) is 4.79 Å². The third kappa shape index (κ3) is 4.97. The molecule has 6 nitrogen and oxygen atoms in total. The standard InChI is InChI=1S/C27H32N4O2S/c1-30-10-12-31(13-11-30)22-8-7-19-16-26(34-25(19)17-22)27(32)29-21(9-14-33-2)15-20-18-28-24-6-4-3-5-23(20)24/h3-8,16-18,21,28H,9-15H2,1-2H3,(H,29,32). The fourth-order valence-electron chi connectivity index (χ4n) is 4.70. The lowest BCUT2D eigenvalue weighted by Gasteiger charge is -2.34. The van der Waals surface area contributed by atoms with Crippen LogP contribution in [0.5, 0.6) is 0 Å². The summed E-state index contributed by atoms with van der Waals surface area (Å²) in [5.74, 6) is -0.0108. The molecular formula is C27H32N4O2S. The highest BCUT2D eigenvalue weighted by atomic mass is 32.1. The van der Waals surface area contributed by atoms with E-state index in [1.54, 1.807) is 18.4 Å². The number of fused-ring (bicyclic) bond motifs is 2. The Morgan fingerprint density at radius 2 is 1.97 bits per heavy atom. The van der Waals surface area contributed by atoms with Crippen LogP contribution >= 0.6 is 11.3 Å². The average molecular weight is 477 g/mol. The number of ether oxygens (including phenoxy) is 1. The minimum Gasteiger partial charge on any atom is -0.385 e. The predicted octanol–water partition coefficient (Wildman–Crippen LogP) is 4.51. The number of carbonyl (C=O) groups is 1. The van der Waals surface area contributed by atoms with Gasteiger partial charge < -0.3 is 24.8 Å². The van der Waals surface area contributed by atoms with E-state index in [4.69, 9.17) is 4.74 Å². The maximum Gasteiger partial charge on any atom is 0.261 e. The van der Waals surface area contributed by atoms with E-state index < -0.39 is 0 Å². The lowest BCUT2D eigenvalue weighted by molar-refractivity contribution is 0.0929. The van der Waals surface area contributed by atoms with Gasteiger partial charge in [-0.2, -0.15) is 0 Å². The molecule has 1 aliphatic rings. The lowest BCUT2D eigenvalue weighted by atomic mass is 10.0. The van der Waals surface area contributed by atoms with Crippen molar-refractivity contribution in [3.8, 4) is 0 Å². The molecule has 1 fully saturated rings. The summed E-state index contributed by atoms with van der Waals surface area (Å²) in [7, 11) is 3.87. The Morgan fingerprint density at radius 3 is 2.79 bits per heavy atom. The topological polar surface area (TPSA) is 60.6 Å². The first-order valence-electron chi connectivity index (χ1n) is 11.9. The number of amides is 1. The van der Waals surface area contributed by atoms with Gasteiger partial charge in [0.1, 0.15) is 0 Å². The molecular weight excluding hydrogens is 444 g/mol. The number of hydrogen-bond acceptors (Lipinski definition) is 5. The number of aromatic amines is 1. The molecule has 0 spiro atoms. The van der Waals surface area contributed by atoms with Crippen LogP contribution in [0.25, 0.3) is 21.0 Å². The SMILES string of the molecule is COCCC(Cc1c[nH]c2ccccc12)NC(=O)c1cc2ccc(N3CCN(C)CC3)cc2s1. The van der Waals surface area contributed by atoms with E-state index in [0.717, 1.165) is 59.5 Å². The third-order valence-electron chi connectivity index (χ3n) is 6.74. The molecule has 2 aromatic heterocycles. The van der Waals surface area contributed by atoms with Crippen molar-refractivity contribution in [3.05, 3.63) is 65.2 Å². The second kappa shape index (κ2) is 10.2. The number of thiophene rings is 1. The van der Waals surface area contributed by atoms with Crippen molar-refractivity contribution in [1.29, 1.82) is 0 Å². The average Bonchev–Trinajstić information content (AvgIpc) is 3.47. The molecule has 2 N–H and O–H groups in total. The summed E-state index contributed by atoms with van der Waals surface area (Å²) in [6, 6.07) is 16.9. The number of anilines is 1. The van der Waals surface area contributed by atoms with Gasteiger partial charge in [-0.25, -0.2) is 0 Å². The Labute approximate surface area is 204 Å². The molecule has 0 saturated carbocycles. The molecule has 34 heavy (non-hydrogen) atoms. The smallest absolute Gasteiger partial charge is 0.261 e. The second-order valence-electron chi connectivity index (χ2n) is 9.14. The van der Waals surface area contributed by atoms with Gasteiger partial charge in [0.05, 0.1) is 4.88 Å². The Balaban J connectivity index is 1.31. The summed E-state index contributed by atoms with van der Waals surface area (Å²) >= 11 is 1.57. The van der Waals surface area contributed by atoms with Gasteiger partial charge in [-0.05, 0) is 55.1 Å². The lowest BCUT2D eigenvalue weighted by Crippen LogP contribution is -2.44. The van der Waals surface area contributed by atoms with Crippen LogP contribution in [0.15, 0.2) is 54.7 Å². The highest BCUT2D eigenvalue weighted by molar-refractivity contribution is 7.20. The molecule has 1 unspecified atom stereocenters. The quantitative estimate of drug-likeness (QED) is 0.393. The van der Waals surface area contributed by atoms with Gasteiger partial charge in [0.15, 0.2) is 0 Å². The van der Waals surface area contributed by atoms with Crippen molar-refractivity contribution in [2.75, 3.05) is 51.8 Å². The van der Waals surface area contributed by atoms with Gasteiger partial charge in [0.2, 0.25) is 0 Å². The minimum absolute atomic E-state index is 0.00207. The first kappa shape index (κ1) is 22.9. The molecule has 1 atom stereocenters. The zero-order chi connectivity index (χ0) is 23.5. The van der Waals surface area contributed by atoms with Crippen LogP contribution in [0.3, 0.4) is 0 Å². The van der Waals surface area contributed by atoms with Crippen molar-refractivity contribution in [3.63, 3.8) is 0 Å². The van der Waals surface area contributed by atoms with E-state index in [2.05, 4.69) is 69.7 Å². The van der Waals surface area contributed by atoms with Gasteiger partial charge in [0.25, 0.3) is 5.91 Å². The molecule has 2 aromatic carbocycles. The fourth-order valence-corrected chi connectivity index (χ4v) is 5.70. The predicted molar refractivity (Wildman–Crippen MR) is 141 cm³/mol. The van der Waals surface area contributed by atoms with E-state index in [1.165, 1.54) is 16.6 Å². The first-order valence-corrected chi connectivity index (χ1v) is 12.7. The zero-order valence-electron chi connectivity index (χ0n) is 19.8. The molecule has 1 aliphatic heterocycles. The highest BCUT2D eigenvalue weighted by Crippen LogP contribution is 2.30. The number of likely N-dealkylation sites (N-methyl/N-ethyl adjacent to an activating group) is 1. The number of nitrogens with zero attached hydrogens (tertiary/aromatic N) is 2. The molecule has 3 heterocycles. The van der Waals surface area contributed by atoms with Crippen molar-refractivity contribution >= 4 is 43.9 Å². The van der Waals surface area contributed by atoms with Crippen molar-refractivity contribution in [2.45, 2.75) is 18.9 Å². The number of rotatable bonds is 8. The van der Waals surface area contributed by atoms with Gasteiger partial charge in [-0.15, -0.1) is 11.3 Å². The van der Waals surface area contributed by atoms with Crippen LogP contribution in [-0.2, 0) is 11.2 Å². The van der Waals surface area contributed by atoms with Crippen molar-refractivity contribution in [2.24, 2.45) is 0 Å². The van der Waals surface area contributed by atoms with Crippen LogP contribution in [0.1, 0.15) is 21.7 Å². The molecule has 7 heteroatoms. The second-order valence-corrected chi connectivity index (χ2v) is 10.2. The summed E-state index contributed by atoms with van der Waals surface area (Å²) in [6.07, 6.45) is 3.58. The highest BCUT2D eigenvalue weighted by Gasteiger charge is 2.19. The van der Waals surface area contributed by atoms with E-state index in [0.29, 0.717) is 6.61 Å². The largest absolute Gasteiger partial charge is 0.385 e. The van der Waals surface area contributed by atoms with Crippen LogP contribution in [0, 0.1) is 0 Å². The monoisotopic (exact) mass is 476 g/mol.